The summed E-state index contributed by atoms with van der Waals surface area (Å²) in [6.45, 7) is 1.13. The lowest BCUT2D eigenvalue weighted by Crippen LogP contribution is -2.33. The van der Waals surface area contributed by atoms with Crippen molar-refractivity contribution in [1.82, 2.24) is 4.90 Å². The maximum absolute atomic E-state index is 12.5. The van der Waals surface area contributed by atoms with Gasteiger partial charge in [0.25, 0.3) is 0 Å². The molecule has 0 radical (unpaired) electrons. The minimum Gasteiger partial charge on any atom is -0.478 e. The van der Waals surface area contributed by atoms with Crippen molar-refractivity contribution in [1.29, 1.82) is 0 Å². The second-order valence-electron chi connectivity index (χ2n) is 6.86. The van der Waals surface area contributed by atoms with E-state index >= 15 is 0 Å². The molecule has 0 saturated heterocycles. The Hall–Kier alpha value is -3.08. The van der Waals surface area contributed by atoms with Crippen LogP contribution in [0.5, 0.6) is 0 Å². The number of ether oxygens (including phenoxy) is 1. The molecule has 0 atom stereocenters. The van der Waals surface area contributed by atoms with Crippen LogP contribution < -0.4 is 0 Å². The summed E-state index contributed by atoms with van der Waals surface area (Å²) in [6.07, 6.45) is 2.20. The second-order valence-corrected chi connectivity index (χ2v) is 6.86. The molecule has 1 amide bonds. The van der Waals surface area contributed by atoms with Gasteiger partial charge in [0.2, 0.25) is 0 Å². The van der Waals surface area contributed by atoms with E-state index < -0.39 is 5.97 Å². The van der Waals surface area contributed by atoms with Crippen LogP contribution in [0.2, 0.25) is 0 Å². The van der Waals surface area contributed by atoms with Crippen molar-refractivity contribution < 1.29 is 19.4 Å². The number of carboxylic acids is 1. The number of carboxylic acid groups (broad SMARTS) is 1. The summed E-state index contributed by atoms with van der Waals surface area (Å²) >= 11 is 0. The van der Waals surface area contributed by atoms with E-state index in [1.807, 2.05) is 24.3 Å². The lowest BCUT2D eigenvalue weighted by atomic mass is 9.98. The number of aliphatic carboxylic acids is 1. The Kier molecular flexibility index (Phi) is 4.67. The van der Waals surface area contributed by atoms with Crippen LogP contribution in [0.25, 0.3) is 11.1 Å². The van der Waals surface area contributed by atoms with Crippen LogP contribution in [-0.2, 0) is 9.53 Å². The Labute approximate surface area is 157 Å². The molecule has 27 heavy (non-hydrogen) atoms. The molecule has 0 fully saturated rings. The minimum atomic E-state index is -0.913. The highest BCUT2D eigenvalue weighted by atomic mass is 16.6. The molecule has 5 nitrogen and oxygen atoms in total. The van der Waals surface area contributed by atoms with Gasteiger partial charge in [-0.25, -0.2) is 9.59 Å². The number of carbonyl (C=O) groups is 2. The van der Waals surface area contributed by atoms with E-state index in [-0.39, 0.29) is 18.6 Å². The van der Waals surface area contributed by atoms with Crippen molar-refractivity contribution in [2.45, 2.75) is 18.8 Å². The molecule has 1 aliphatic carbocycles. The Balaban J connectivity index is 1.45. The third-order valence-electron chi connectivity index (χ3n) is 5.31. The summed E-state index contributed by atoms with van der Waals surface area (Å²) in [5, 5.41) is 9.12. The van der Waals surface area contributed by atoms with Crippen LogP contribution in [0.4, 0.5) is 4.79 Å². The van der Waals surface area contributed by atoms with Crippen molar-refractivity contribution in [2.24, 2.45) is 0 Å². The standard InChI is InChI=1S/C22H21NO4/c24-21(25)15-6-5-12-23(13-11-15)22(26)27-14-20-18-9-3-1-7-16(18)17-8-2-4-10-19(17)20/h1-4,6-10,20H,5,11-14H2,(H,24,25). The van der Waals surface area contributed by atoms with Crippen LogP contribution in [0.15, 0.2) is 60.2 Å². The molecule has 2 aromatic rings. The van der Waals surface area contributed by atoms with Crippen molar-refractivity contribution in [3.63, 3.8) is 0 Å². The summed E-state index contributed by atoms with van der Waals surface area (Å²) in [5.74, 6) is -0.884. The lowest BCUT2D eigenvalue weighted by Gasteiger charge is -2.22. The van der Waals surface area contributed by atoms with Crippen LogP contribution in [0.3, 0.4) is 0 Å². The summed E-state index contributed by atoms with van der Waals surface area (Å²) < 4.78 is 5.65. The predicted molar refractivity (Wildman–Crippen MR) is 102 cm³/mol. The fourth-order valence-electron chi connectivity index (χ4n) is 3.93. The van der Waals surface area contributed by atoms with Crippen molar-refractivity contribution in [3.05, 3.63) is 71.3 Å². The first-order chi connectivity index (χ1) is 13.1. The van der Waals surface area contributed by atoms with Gasteiger partial charge < -0.3 is 14.7 Å². The number of hydrogen-bond donors (Lipinski definition) is 1. The third-order valence-corrected chi connectivity index (χ3v) is 5.31. The molecule has 5 heteroatoms. The van der Waals surface area contributed by atoms with Gasteiger partial charge in [-0.15, -0.1) is 0 Å². The molecule has 0 aromatic heterocycles. The molecule has 138 valence electrons. The molecule has 0 spiro atoms. The lowest BCUT2D eigenvalue weighted by molar-refractivity contribution is -0.132. The molecular formula is C22H21NO4. The summed E-state index contributed by atoms with van der Waals surface area (Å²) in [6, 6.07) is 16.4. The molecule has 1 N–H and O–H groups in total. The van der Waals surface area contributed by atoms with Gasteiger partial charge in [0.15, 0.2) is 0 Å². The molecule has 2 aliphatic rings. The number of carbonyl (C=O) groups excluding carboxylic acids is 1. The number of hydrogen-bond acceptors (Lipinski definition) is 3. The molecule has 0 saturated carbocycles. The van der Waals surface area contributed by atoms with Gasteiger partial charge >= 0.3 is 12.1 Å². The van der Waals surface area contributed by atoms with Crippen LogP contribution in [-0.4, -0.2) is 41.8 Å². The maximum Gasteiger partial charge on any atom is 0.409 e. The minimum absolute atomic E-state index is 0.0287. The van der Waals surface area contributed by atoms with Crippen molar-refractivity contribution >= 4 is 12.1 Å². The van der Waals surface area contributed by atoms with Crippen LogP contribution >= 0.6 is 0 Å². The Morgan fingerprint density at radius 2 is 1.63 bits per heavy atom. The fourth-order valence-corrected chi connectivity index (χ4v) is 3.93. The highest BCUT2D eigenvalue weighted by Crippen LogP contribution is 2.44. The first kappa shape index (κ1) is 17.3. The largest absolute Gasteiger partial charge is 0.478 e. The van der Waals surface area contributed by atoms with E-state index in [0.717, 1.165) is 0 Å². The molecule has 2 aromatic carbocycles. The highest BCUT2D eigenvalue weighted by Gasteiger charge is 2.30. The summed E-state index contributed by atoms with van der Waals surface area (Å²) in [5.41, 5.74) is 5.11. The van der Waals surface area contributed by atoms with E-state index in [2.05, 4.69) is 24.3 Å². The van der Waals surface area contributed by atoms with Crippen molar-refractivity contribution in [3.8, 4) is 11.1 Å². The number of rotatable bonds is 3. The number of fused-ring (bicyclic) bond motifs is 3. The van der Waals surface area contributed by atoms with Gasteiger partial charge in [-0.05, 0) is 35.1 Å². The molecular weight excluding hydrogens is 342 g/mol. The molecule has 0 unspecified atom stereocenters. The zero-order chi connectivity index (χ0) is 18.8. The Morgan fingerprint density at radius 1 is 1.00 bits per heavy atom. The third kappa shape index (κ3) is 3.33. The molecule has 0 bridgehead atoms. The van der Waals surface area contributed by atoms with E-state index in [4.69, 9.17) is 9.84 Å². The number of amides is 1. The first-order valence-electron chi connectivity index (χ1n) is 9.17. The number of benzene rings is 2. The van der Waals surface area contributed by atoms with Crippen LogP contribution in [0, 0.1) is 0 Å². The smallest absolute Gasteiger partial charge is 0.409 e. The summed E-state index contributed by atoms with van der Waals surface area (Å²) in [7, 11) is 0. The normalized spacial score (nSPS) is 16.1. The maximum atomic E-state index is 12.5. The quantitative estimate of drug-likeness (QED) is 0.894. The van der Waals surface area contributed by atoms with Crippen molar-refractivity contribution in [2.75, 3.05) is 19.7 Å². The molecule has 1 aliphatic heterocycles. The van der Waals surface area contributed by atoms with Gasteiger partial charge in [0.05, 0.1) is 0 Å². The van der Waals surface area contributed by atoms with E-state index in [9.17, 15) is 9.59 Å². The molecule has 1 heterocycles. The predicted octanol–water partition coefficient (Wildman–Crippen LogP) is 4.04. The second kappa shape index (κ2) is 7.27. The average molecular weight is 363 g/mol. The van der Waals surface area contributed by atoms with E-state index in [0.29, 0.717) is 31.5 Å². The van der Waals surface area contributed by atoms with Gasteiger partial charge in [0.1, 0.15) is 6.61 Å². The van der Waals surface area contributed by atoms with Gasteiger partial charge in [-0.3, -0.25) is 0 Å². The SMILES string of the molecule is O=C(O)C1=CCCN(C(=O)OCC2c3ccccc3-c3ccccc32)CC1. The van der Waals surface area contributed by atoms with Gasteiger partial charge in [-0.2, -0.15) is 0 Å². The zero-order valence-corrected chi connectivity index (χ0v) is 14.9. The first-order valence-corrected chi connectivity index (χ1v) is 9.17. The average Bonchev–Trinajstić information content (AvgIpc) is 2.83. The zero-order valence-electron chi connectivity index (χ0n) is 14.9. The number of nitrogens with zero attached hydrogens (tertiary/aromatic N) is 1. The van der Waals surface area contributed by atoms with Gasteiger partial charge in [0, 0.05) is 24.6 Å². The Bertz CT molecular complexity index is 873. The monoisotopic (exact) mass is 363 g/mol. The highest BCUT2D eigenvalue weighted by molar-refractivity contribution is 5.86. The molecule has 4 rings (SSSR count). The Morgan fingerprint density at radius 3 is 2.26 bits per heavy atom. The fraction of sp³-hybridized carbons (Fsp3) is 0.273. The van der Waals surface area contributed by atoms with E-state index in [1.54, 1.807) is 11.0 Å². The van der Waals surface area contributed by atoms with Gasteiger partial charge in [-0.1, -0.05) is 54.6 Å². The summed E-state index contributed by atoms with van der Waals surface area (Å²) in [4.78, 5) is 25.3. The van der Waals surface area contributed by atoms with E-state index in [1.165, 1.54) is 22.3 Å². The topological polar surface area (TPSA) is 66.8 Å². The van der Waals surface area contributed by atoms with Crippen LogP contribution in [0.1, 0.15) is 29.9 Å².